The second-order valence-corrected chi connectivity index (χ2v) is 10.4. The normalized spacial score (nSPS) is 11.6. The molecule has 2 aromatic carbocycles. The number of aromatic nitrogens is 3. The number of carboxylic acids is 1. The molecule has 10 nitrogen and oxygen atoms in total. The van der Waals surface area contributed by atoms with E-state index in [4.69, 9.17) is 16.3 Å². The Morgan fingerprint density at radius 3 is 2.57 bits per heavy atom. The maximum absolute atomic E-state index is 14.6. The number of carboxylic acid groups (broad SMARTS) is 1. The number of nitrogens with one attached hydrogen (secondary N) is 1. The second-order valence-electron chi connectivity index (χ2n) is 8.04. The van der Waals surface area contributed by atoms with Gasteiger partial charge in [-0.2, -0.15) is 0 Å². The lowest BCUT2D eigenvalue weighted by Crippen LogP contribution is -2.30. The van der Waals surface area contributed by atoms with Crippen LogP contribution in [0.1, 0.15) is 21.6 Å². The van der Waals surface area contributed by atoms with Crippen LogP contribution in [0.25, 0.3) is 16.9 Å². The lowest BCUT2D eigenvalue weighted by Gasteiger charge is -2.24. The molecule has 0 saturated heterocycles. The molecule has 0 radical (unpaired) electrons. The predicted molar refractivity (Wildman–Crippen MR) is 132 cm³/mol. The zero-order chi connectivity index (χ0) is 27.2. The summed E-state index contributed by atoms with van der Waals surface area (Å²) in [5.41, 5.74) is -0.820. The van der Waals surface area contributed by atoms with Crippen molar-refractivity contribution in [2.75, 3.05) is 17.7 Å². The SMILES string of the molecule is COc1ccc(F)c(F)c1CN(c1ccc(Cl)c(-n2c(=O)[nH]c3c(C)cc(C(=O)O)nc32)c1)S(C)(=O)=O. The number of H-pyrrole nitrogens is 1. The van der Waals surface area contributed by atoms with Crippen LogP contribution in [0, 0.1) is 18.6 Å². The molecule has 0 unspecified atom stereocenters. The number of ether oxygens (including phenoxy) is 1. The largest absolute Gasteiger partial charge is 0.496 e. The van der Waals surface area contributed by atoms with Gasteiger partial charge < -0.3 is 14.8 Å². The Hall–Kier alpha value is -3.97. The van der Waals surface area contributed by atoms with Gasteiger partial charge >= 0.3 is 11.7 Å². The first-order valence-corrected chi connectivity index (χ1v) is 12.7. The molecule has 0 aliphatic heterocycles. The third-order valence-electron chi connectivity index (χ3n) is 5.60. The number of fused-ring (bicyclic) bond motifs is 1. The Morgan fingerprint density at radius 1 is 1.24 bits per heavy atom. The summed E-state index contributed by atoms with van der Waals surface area (Å²) < 4.78 is 61.0. The van der Waals surface area contributed by atoms with E-state index in [0.717, 1.165) is 21.2 Å². The number of methoxy groups -OCH3 is 1. The Balaban J connectivity index is 1.94. The molecule has 0 aliphatic rings. The van der Waals surface area contributed by atoms with E-state index in [0.29, 0.717) is 5.56 Å². The standard InChI is InChI=1S/C23H19ClF2N4O6S/c1-11-8-16(22(31)32)27-21-20(11)28-23(33)30(21)17-9-12(4-5-14(17)24)29(37(3,34)35)10-13-18(36-2)7-6-15(25)19(13)26/h4-9H,10H2,1-3H3,(H,28,33)(H,31,32). The van der Waals surface area contributed by atoms with Gasteiger partial charge in [0.1, 0.15) is 5.75 Å². The van der Waals surface area contributed by atoms with Crippen molar-refractivity contribution in [3.05, 3.63) is 80.4 Å². The summed E-state index contributed by atoms with van der Waals surface area (Å²) in [7, 11) is -2.86. The number of aromatic carboxylic acids is 1. The molecule has 0 fully saturated rings. The van der Waals surface area contributed by atoms with Crippen LogP contribution in [0.2, 0.25) is 5.02 Å². The summed E-state index contributed by atoms with van der Waals surface area (Å²) >= 11 is 6.36. The summed E-state index contributed by atoms with van der Waals surface area (Å²) in [6, 6.07) is 7.18. The summed E-state index contributed by atoms with van der Waals surface area (Å²) in [5.74, 6) is -3.87. The van der Waals surface area contributed by atoms with E-state index in [1.807, 2.05) is 0 Å². The van der Waals surface area contributed by atoms with Crippen LogP contribution >= 0.6 is 11.6 Å². The Kier molecular flexibility index (Phi) is 6.69. The number of nitrogens with zero attached hydrogens (tertiary/aromatic N) is 3. The van der Waals surface area contributed by atoms with Gasteiger partial charge in [0, 0.05) is 0 Å². The number of carbonyl (C=O) groups is 1. The van der Waals surface area contributed by atoms with Crippen molar-refractivity contribution >= 4 is 44.4 Å². The minimum absolute atomic E-state index is 0.00917. The Morgan fingerprint density at radius 2 is 1.95 bits per heavy atom. The van der Waals surface area contributed by atoms with Gasteiger partial charge in [-0.15, -0.1) is 0 Å². The highest BCUT2D eigenvalue weighted by molar-refractivity contribution is 7.92. The molecule has 2 N–H and O–H groups in total. The first kappa shape index (κ1) is 26.1. The quantitative estimate of drug-likeness (QED) is 0.357. The third-order valence-corrected chi connectivity index (χ3v) is 7.06. The van der Waals surface area contributed by atoms with Gasteiger partial charge in [0.2, 0.25) is 10.0 Å². The molecular weight excluding hydrogens is 534 g/mol. The van der Waals surface area contributed by atoms with E-state index in [1.165, 1.54) is 37.4 Å². The van der Waals surface area contributed by atoms with Crippen molar-refractivity contribution in [3.8, 4) is 11.4 Å². The molecule has 2 aromatic heterocycles. The van der Waals surface area contributed by atoms with Gasteiger partial charge in [-0.3, -0.25) is 4.31 Å². The number of benzene rings is 2. The molecule has 37 heavy (non-hydrogen) atoms. The lowest BCUT2D eigenvalue weighted by molar-refractivity contribution is 0.0690. The van der Waals surface area contributed by atoms with Crippen molar-refractivity contribution in [3.63, 3.8) is 0 Å². The van der Waals surface area contributed by atoms with E-state index < -0.39 is 39.9 Å². The van der Waals surface area contributed by atoms with E-state index in [-0.39, 0.29) is 44.6 Å². The molecule has 2 heterocycles. The number of rotatable bonds is 7. The highest BCUT2D eigenvalue weighted by atomic mass is 35.5. The fourth-order valence-corrected chi connectivity index (χ4v) is 4.91. The van der Waals surface area contributed by atoms with Gasteiger partial charge in [-0.1, -0.05) is 11.6 Å². The fraction of sp³-hybridized carbons (Fsp3) is 0.174. The average Bonchev–Trinajstić information content (AvgIpc) is 3.16. The highest BCUT2D eigenvalue weighted by Crippen LogP contribution is 2.32. The van der Waals surface area contributed by atoms with Crippen molar-refractivity contribution < 1.29 is 31.8 Å². The number of anilines is 1. The molecular formula is C23H19ClF2N4O6S. The van der Waals surface area contributed by atoms with Gasteiger partial charge in [-0.05, 0) is 48.9 Å². The van der Waals surface area contributed by atoms with E-state index >= 15 is 0 Å². The molecule has 0 bridgehead atoms. The minimum atomic E-state index is -4.09. The number of pyridine rings is 1. The lowest BCUT2D eigenvalue weighted by atomic mass is 10.1. The zero-order valence-electron chi connectivity index (χ0n) is 19.5. The smallest absolute Gasteiger partial charge is 0.354 e. The molecule has 4 rings (SSSR count). The Labute approximate surface area is 213 Å². The topological polar surface area (TPSA) is 135 Å². The van der Waals surface area contributed by atoms with Gasteiger partial charge in [0.05, 0.1) is 47.4 Å². The molecule has 0 amide bonds. The number of aromatic amines is 1. The van der Waals surface area contributed by atoms with Crippen LogP contribution in [-0.4, -0.2) is 47.4 Å². The fourth-order valence-electron chi connectivity index (χ4n) is 3.85. The van der Waals surface area contributed by atoms with Gasteiger partial charge in [0.15, 0.2) is 23.0 Å². The number of hydrogen-bond acceptors (Lipinski definition) is 6. The molecule has 4 aromatic rings. The van der Waals surface area contributed by atoms with Crippen molar-refractivity contribution in [1.29, 1.82) is 0 Å². The number of imidazole rings is 1. The number of sulfonamides is 1. The number of hydrogen-bond donors (Lipinski definition) is 2. The van der Waals surface area contributed by atoms with E-state index in [2.05, 4.69) is 9.97 Å². The predicted octanol–water partition coefficient (Wildman–Crippen LogP) is 3.63. The van der Waals surface area contributed by atoms with Crippen LogP contribution in [-0.2, 0) is 16.6 Å². The zero-order valence-corrected chi connectivity index (χ0v) is 21.1. The van der Waals surface area contributed by atoms with Crippen LogP contribution < -0.4 is 14.7 Å². The molecule has 0 saturated carbocycles. The molecule has 14 heteroatoms. The summed E-state index contributed by atoms with van der Waals surface area (Å²) in [5, 5.41) is 9.40. The molecule has 0 aliphatic carbocycles. The van der Waals surface area contributed by atoms with E-state index in [1.54, 1.807) is 6.92 Å². The monoisotopic (exact) mass is 552 g/mol. The Bertz CT molecular complexity index is 1740. The minimum Gasteiger partial charge on any atom is -0.496 e. The summed E-state index contributed by atoms with van der Waals surface area (Å²) in [6.45, 7) is 0.942. The average molecular weight is 553 g/mol. The molecule has 0 spiro atoms. The van der Waals surface area contributed by atoms with Crippen molar-refractivity contribution in [2.45, 2.75) is 13.5 Å². The maximum atomic E-state index is 14.6. The van der Waals surface area contributed by atoms with Crippen LogP contribution in [0.5, 0.6) is 5.75 Å². The third kappa shape index (κ3) is 4.74. The molecule has 194 valence electrons. The van der Waals surface area contributed by atoms with Gasteiger partial charge in [0.25, 0.3) is 0 Å². The number of aryl methyl sites for hydroxylation is 1. The summed E-state index contributed by atoms with van der Waals surface area (Å²) in [6.07, 6.45) is 0.868. The highest BCUT2D eigenvalue weighted by Gasteiger charge is 2.25. The summed E-state index contributed by atoms with van der Waals surface area (Å²) in [4.78, 5) is 31.0. The second kappa shape index (κ2) is 9.48. The first-order valence-electron chi connectivity index (χ1n) is 10.5. The molecule has 0 atom stereocenters. The van der Waals surface area contributed by atoms with Crippen LogP contribution in [0.3, 0.4) is 0 Å². The van der Waals surface area contributed by atoms with Crippen molar-refractivity contribution in [1.82, 2.24) is 14.5 Å². The van der Waals surface area contributed by atoms with Crippen molar-refractivity contribution in [2.24, 2.45) is 0 Å². The van der Waals surface area contributed by atoms with E-state index in [9.17, 15) is 31.9 Å². The first-order chi connectivity index (χ1) is 17.3. The maximum Gasteiger partial charge on any atom is 0.354 e. The number of halogens is 3. The van der Waals surface area contributed by atoms with Crippen LogP contribution in [0.4, 0.5) is 14.5 Å². The van der Waals surface area contributed by atoms with Crippen LogP contribution in [0.15, 0.2) is 41.2 Å². The van der Waals surface area contributed by atoms with Gasteiger partial charge in [-0.25, -0.2) is 36.3 Å².